The summed E-state index contributed by atoms with van der Waals surface area (Å²) in [6, 6.07) is 21.7. The maximum atomic E-state index is 12.6. The van der Waals surface area contributed by atoms with E-state index < -0.39 is 0 Å². The van der Waals surface area contributed by atoms with Crippen LogP contribution in [-0.2, 0) is 6.61 Å². The van der Waals surface area contributed by atoms with Crippen LogP contribution in [0, 0.1) is 5.92 Å². The smallest absolute Gasteiger partial charge is 0.287 e. The Kier molecular flexibility index (Phi) is 5.61. The Morgan fingerprint density at radius 2 is 1.82 bits per heavy atom. The summed E-state index contributed by atoms with van der Waals surface area (Å²) in [5.74, 6) is 1.34. The number of carbonyl (C=O) groups excluding carboxylic acids is 1. The number of rotatable bonds is 7. The van der Waals surface area contributed by atoms with Crippen molar-refractivity contribution in [2.75, 3.05) is 24.5 Å². The molecule has 2 aromatic carbocycles. The molecule has 0 spiro atoms. The highest BCUT2D eigenvalue weighted by Crippen LogP contribution is 2.23. The molecule has 1 N–H and O–H groups in total. The molecule has 1 aliphatic heterocycles. The fourth-order valence-electron chi connectivity index (χ4n) is 3.52. The summed E-state index contributed by atoms with van der Waals surface area (Å²) in [5.41, 5.74) is 1.99. The van der Waals surface area contributed by atoms with Crippen molar-refractivity contribution in [2.24, 2.45) is 5.92 Å². The van der Waals surface area contributed by atoms with E-state index in [0.29, 0.717) is 24.8 Å². The third kappa shape index (κ3) is 4.36. The highest BCUT2D eigenvalue weighted by Gasteiger charge is 2.24. The van der Waals surface area contributed by atoms with Crippen molar-refractivity contribution in [3.63, 3.8) is 0 Å². The summed E-state index contributed by atoms with van der Waals surface area (Å²) in [6.45, 7) is 2.91. The number of carbonyl (C=O) groups is 1. The second-order valence-corrected chi connectivity index (χ2v) is 7.02. The van der Waals surface area contributed by atoms with E-state index in [0.717, 1.165) is 30.8 Å². The molecule has 1 unspecified atom stereocenters. The van der Waals surface area contributed by atoms with Crippen molar-refractivity contribution in [1.82, 2.24) is 5.32 Å². The summed E-state index contributed by atoms with van der Waals surface area (Å²) in [5, 5.41) is 3.02. The van der Waals surface area contributed by atoms with Gasteiger partial charge in [0.05, 0.1) is 6.26 Å². The van der Waals surface area contributed by atoms with Crippen LogP contribution in [-0.4, -0.2) is 25.5 Å². The topological polar surface area (TPSA) is 54.7 Å². The Balaban J connectivity index is 1.28. The monoisotopic (exact) mass is 376 g/mol. The van der Waals surface area contributed by atoms with E-state index in [-0.39, 0.29) is 5.91 Å². The van der Waals surface area contributed by atoms with E-state index in [1.54, 1.807) is 6.07 Å². The highest BCUT2D eigenvalue weighted by molar-refractivity contribution is 5.92. The molecule has 5 nitrogen and oxygen atoms in total. The lowest BCUT2D eigenvalue weighted by Gasteiger charge is -2.18. The molecule has 5 heteroatoms. The van der Waals surface area contributed by atoms with E-state index in [1.165, 1.54) is 12.0 Å². The van der Waals surface area contributed by atoms with Gasteiger partial charge in [-0.15, -0.1) is 0 Å². The Hall–Kier alpha value is -3.21. The zero-order valence-corrected chi connectivity index (χ0v) is 15.7. The molecule has 1 aromatic heterocycles. The van der Waals surface area contributed by atoms with Gasteiger partial charge in [0.2, 0.25) is 0 Å². The number of nitrogens with zero attached hydrogens (tertiary/aromatic N) is 1. The highest BCUT2D eigenvalue weighted by atomic mass is 16.5. The van der Waals surface area contributed by atoms with Gasteiger partial charge < -0.3 is 19.4 Å². The molecule has 0 saturated carbocycles. The van der Waals surface area contributed by atoms with Crippen LogP contribution < -0.4 is 15.0 Å². The lowest BCUT2D eigenvalue weighted by Crippen LogP contribution is -2.31. The minimum absolute atomic E-state index is 0.185. The van der Waals surface area contributed by atoms with Crippen molar-refractivity contribution in [1.29, 1.82) is 0 Å². The summed E-state index contributed by atoms with van der Waals surface area (Å²) >= 11 is 0. The van der Waals surface area contributed by atoms with Gasteiger partial charge in [0.1, 0.15) is 12.4 Å². The molecule has 0 aliphatic carbocycles. The van der Waals surface area contributed by atoms with Crippen LogP contribution in [0.4, 0.5) is 5.69 Å². The molecule has 1 saturated heterocycles. The van der Waals surface area contributed by atoms with Crippen molar-refractivity contribution < 1.29 is 13.9 Å². The van der Waals surface area contributed by atoms with E-state index in [9.17, 15) is 4.79 Å². The molecule has 1 aliphatic rings. The van der Waals surface area contributed by atoms with Gasteiger partial charge in [-0.1, -0.05) is 36.4 Å². The average molecular weight is 376 g/mol. The molecular formula is C23H24N2O3. The first-order valence-corrected chi connectivity index (χ1v) is 9.62. The summed E-state index contributed by atoms with van der Waals surface area (Å²) < 4.78 is 11.2. The molecule has 2 heterocycles. The van der Waals surface area contributed by atoms with Crippen LogP contribution in [0.2, 0.25) is 0 Å². The first kappa shape index (κ1) is 18.2. The van der Waals surface area contributed by atoms with Crippen LogP contribution >= 0.6 is 0 Å². The predicted molar refractivity (Wildman–Crippen MR) is 109 cm³/mol. The molecule has 1 amide bonds. The molecule has 3 aromatic rings. The van der Waals surface area contributed by atoms with Gasteiger partial charge in [-0.2, -0.15) is 0 Å². The molecule has 144 valence electrons. The van der Waals surface area contributed by atoms with E-state index >= 15 is 0 Å². The fourth-order valence-corrected chi connectivity index (χ4v) is 3.52. The third-order valence-electron chi connectivity index (χ3n) is 5.05. The Morgan fingerprint density at radius 3 is 2.61 bits per heavy atom. The second-order valence-electron chi connectivity index (χ2n) is 7.02. The molecule has 1 fully saturated rings. The standard InChI is InChI=1S/C23H24N2O3/c26-23(22-19(12-14-27-22)17-28-21-9-5-2-6-10-21)24-15-18-11-13-25(16-18)20-7-3-1-4-8-20/h1-10,12,14,18H,11,13,15-17H2,(H,24,26). The molecule has 0 radical (unpaired) electrons. The number of nitrogens with one attached hydrogen (secondary N) is 1. The quantitative estimate of drug-likeness (QED) is 0.674. The lowest BCUT2D eigenvalue weighted by atomic mass is 10.1. The van der Waals surface area contributed by atoms with Crippen LogP contribution in [0.5, 0.6) is 5.75 Å². The van der Waals surface area contributed by atoms with Crippen LogP contribution in [0.3, 0.4) is 0 Å². The zero-order chi connectivity index (χ0) is 19.2. The Bertz CT molecular complexity index is 892. The molecule has 1 atom stereocenters. The Morgan fingerprint density at radius 1 is 1.07 bits per heavy atom. The van der Waals surface area contributed by atoms with Crippen LogP contribution in [0.15, 0.2) is 77.4 Å². The zero-order valence-electron chi connectivity index (χ0n) is 15.7. The number of amides is 1. The van der Waals surface area contributed by atoms with Crippen molar-refractivity contribution >= 4 is 11.6 Å². The van der Waals surface area contributed by atoms with E-state index in [4.69, 9.17) is 9.15 Å². The largest absolute Gasteiger partial charge is 0.489 e. The summed E-state index contributed by atoms with van der Waals surface area (Å²) in [4.78, 5) is 14.9. The summed E-state index contributed by atoms with van der Waals surface area (Å²) in [7, 11) is 0. The summed E-state index contributed by atoms with van der Waals surface area (Å²) in [6.07, 6.45) is 2.60. The maximum absolute atomic E-state index is 12.6. The number of benzene rings is 2. The average Bonchev–Trinajstić information content (AvgIpc) is 3.41. The number of para-hydroxylation sites is 2. The molecular weight excluding hydrogens is 352 g/mol. The van der Waals surface area contributed by atoms with Gasteiger partial charge in [0, 0.05) is 30.9 Å². The van der Waals surface area contributed by atoms with Crippen LogP contribution in [0.1, 0.15) is 22.5 Å². The van der Waals surface area contributed by atoms with Gasteiger partial charge in [0.25, 0.3) is 5.91 Å². The number of hydrogen-bond acceptors (Lipinski definition) is 4. The van der Waals surface area contributed by atoms with Gasteiger partial charge in [-0.25, -0.2) is 0 Å². The van der Waals surface area contributed by atoms with Gasteiger partial charge in [0.15, 0.2) is 5.76 Å². The van der Waals surface area contributed by atoms with Gasteiger partial charge in [-0.05, 0) is 42.7 Å². The number of furan rings is 1. The fraction of sp³-hybridized carbons (Fsp3) is 0.261. The minimum atomic E-state index is -0.185. The molecule has 28 heavy (non-hydrogen) atoms. The number of hydrogen-bond donors (Lipinski definition) is 1. The number of ether oxygens (including phenoxy) is 1. The predicted octanol–water partition coefficient (Wildman–Crippen LogP) is 4.11. The molecule has 4 rings (SSSR count). The first-order valence-electron chi connectivity index (χ1n) is 9.62. The minimum Gasteiger partial charge on any atom is -0.489 e. The first-order chi connectivity index (χ1) is 13.8. The normalized spacial score (nSPS) is 16.1. The SMILES string of the molecule is O=C(NCC1CCN(c2ccccc2)C1)c1occc1COc1ccccc1. The van der Waals surface area contributed by atoms with E-state index in [1.807, 2.05) is 36.4 Å². The van der Waals surface area contributed by atoms with Crippen molar-refractivity contribution in [3.8, 4) is 5.75 Å². The van der Waals surface area contributed by atoms with E-state index in [2.05, 4.69) is 34.5 Å². The number of anilines is 1. The second kappa shape index (κ2) is 8.65. The lowest BCUT2D eigenvalue weighted by molar-refractivity contribution is 0.0917. The van der Waals surface area contributed by atoms with Gasteiger partial charge in [-0.3, -0.25) is 4.79 Å². The third-order valence-corrected chi connectivity index (χ3v) is 5.05. The van der Waals surface area contributed by atoms with Gasteiger partial charge >= 0.3 is 0 Å². The molecule has 0 bridgehead atoms. The maximum Gasteiger partial charge on any atom is 0.287 e. The Labute approximate surface area is 164 Å². The van der Waals surface area contributed by atoms with Crippen molar-refractivity contribution in [3.05, 3.63) is 84.3 Å². The van der Waals surface area contributed by atoms with Crippen LogP contribution in [0.25, 0.3) is 0 Å². The van der Waals surface area contributed by atoms with Crippen molar-refractivity contribution in [2.45, 2.75) is 13.0 Å².